The number of rotatable bonds is 5. The molecule has 0 amide bonds. The molecule has 0 bridgehead atoms. The molecule has 0 spiro atoms. The van der Waals surface area contributed by atoms with Crippen molar-refractivity contribution in [2.75, 3.05) is 11.4 Å². The van der Waals surface area contributed by atoms with Crippen LogP contribution in [-0.2, 0) is 22.3 Å². The zero-order valence-corrected chi connectivity index (χ0v) is 12.5. The molecule has 6 heteroatoms. The van der Waals surface area contributed by atoms with E-state index >= 15 is 0 Å². The predicted molar refractivity (Wildman–Crippen MR) is 81.8 cm³/mol. The van der Waals surface area contributed by atoms with E-state index in [0.29, 0.717) is 17.8 Å². The second-order valence-corrected chi connectivity index (χ2v) is 6.72. The highest BCUT2D eigenvalue weighted by atomic mass is 32.2. The average Bonchev–Trinajstić information content (AvgIpc) is 2.47. The van der Waals surface area contributed by atoms with Crippen LogP contribution < -0.4 is 10.0 Å². The van der Waals surface area contributed by atoms with Crippen molar-refractivity contribution in [2.24, 2.45) is 5.73 Å². The van der Waals surface area contributed by atoms with Crippen LogP contribution in [0.1, 0.15) is 11.1 Å². The molecule has 2 rings (SSSR count). The summed E-state index contributed by atoms with van der Waals surface area (Å²) in [6.07, 6.45) is 0. The molecule has 0 aliphatic rings. The molecule has 2 N–H and O–H groups in total. The van der Waals surface area contributed by atoms with Gasteiger partial charge in [-0.3, -0.25) is 4.31 Å². The molecule has 0 aromatic heterocycles. The second kappa shape index (κ2) is 6.24. The summed E-state index contributed by atoms with van der Waals surface area (Å²) in [5.41, 5.74) is 7.53. The summed E-state index contributed by atoms with van der Waals surface area (Å²) < 4.78 is 38.8. The van der Waals surface area contributed by atoms with Gasteiger partial charge < -0.3 is 5.73 Å². The molecular weight excluding hydrogens is 291 g/mol. The van der Waals surface area contributed by atoms with Crippen molar-refractivity contribution in [3.63, 3.8) is 0 Å². The van der Waals surface area contributed by atoms with E-state index in [0.717, 1.165) is 9.87 Å². The van der Waals surface area contributed by atoms with Crippen LogP contribution in [0.2, 0.25) is 0 Å². The van der Waals surface area contributed by atoms with Crippen molar-refractivity contribution >= 4 is 15.7 Å². The smallest absolute Gasteiger partial charge is 0.239 e. The van der Waals surface area contributed by atoms with Gasteiger partial charge in [0.1, 0.15) is 5.82 Å². The molecular formula is C15H17FN2O2S. The number of halogens is 1. The van der Waals surface area contributed by atoms with E-state index < -0.39 is 15.8 Å². The van der Waals surface area contributed by atoms with Crippen LogP contribution in [0.25, 0.3) is 0 Å². The van der Waals surface area contributed by atoms with E-state index in [-0.39, 0.29) is 5.75 Å². The van der Waals surface area contributed by atoms with Crippen molar-refractivity contribution in [1.29, 1.82) is 0 Å². The number of anilines is 1. The molecule has 0 saturated carbocycles. The summed E-state index contributed by atoms with van der Waals surface area (Å²) in [7, 11) is -2.08. The Kier molecular flexibility index (Phi) is 4.59. The SMILES string of the molecule is CN(c1ccc(F)cc1)S(=O)(=O)Cc1cccc(CN)c1. The zero-order valence-electron chi connectivity index (χ0n) is 11.7. The minimum absolute atomic E-state index is 0.130. The first-order chi connectivity index (χ1) is 9.92. The first kappa shape index (κ1) is 15.5. The van der Waals surface area contributed by atoms with Crippen molar-refractivity contribution in [2.45, 2.75) is 12.3 Å². The molecule has 0 radical (unpaired) electrons. The van der Waals surface area contributed by atoms with E-state index in [4.69, 9.17) is 5.73 Å². The highest BCUT2D eigenvalue weighted by Gasteiger charge is 2.19. The summed E-state index contributed by atoms with van der Waals surface area (Å²) in [6.45, 7) is 0.363. The van der Waals surface area contributed by atoms with Crippen molar-refractivity contribution in [1.82, 2.24) is 0 Å². The van der Waals surface area contributed by atoms with Gasteiger partial charge in [0.25, 0.3) is 0 Å². The minimum atomic E-state index is -3.53. The molecule has 0 saturated heterocycles. The summed E-state index contributed by atoms with van der Waals surface area (Å²) in [5.74, 6) is -0.533. The van der Waals surface area contributed by atoms with Gasteiger partial charge in [-0.05, 0) is 35.4 Å². The molecule has 2 aromatic carbocycles. The van der Waals surface area contributed by atoms with Gasteiger partial charge in [-0.25, -0.2) is 12.8 Å². The fourth-order valence-electron chi connectivity index (χ4n) is 1.97. The molecule has 0 fully saturated rings. The third kappa shape index (κ3) is 3.80. The number of nitrogens with two attached hydrogens (primary N) is 1. The number of nitrogens with zero attached hydrogens (tertiary/aromatic N) is 1. The molecule has 21 heavy (non-hydrogen) atoms. The number of sulfonamides is 1. The Morgan fingerprint density at radius 3 is 2.33 bits per heavy atom. The molecule has 0 aliphatic heterocycles. The first-order valence-corrected chi connectivity index (χ1v) is 8.03. The summed E-state index contributed by atoms with van der Waals surface area (Å²) >= 11 is 0. The van der Waals surface area contributed by atoms with E-state index in [1.165, 1.54) is 31.3 Å². The molecule has 4 nitrogen and oxygen atoms in total. The summed E-state index contributed by atoms with van der Waals surface area (Å²) in [4.78, 5) is 0. The Morgan fingerprint density at radius 1 is 1.10 bits per heavy atom. The Morgan fingerprint density at radius 2 is 1.71 bits per heavy atom. The largest absolute Gasteiger partial charge is 0.326 e. The topological polar surface area (TPSA) is 63.4 Å². The lowest BCUT2D eigenvalue weighted by Gasteiger charge is -2.19. The Balaban J connectivity index is 2.22. The summed E-state index contributed by atoms with van der Waals surface area (Å²) in [5, 5.41) is 0. The molecule has 0 unspecified atom stereocenters. The molecule has 0 heterocycles. The monoisotopic (exact) mass is 308 g/mol. The Hall–Kier alpha value is -1.92. The van der Waals surface area contributed by atoms with Gasteiger partial charge in [0, 0.05) is 13.6 Å². The van der Waals surface area contributed by atoms with Crippen LogP contribution >= 0.6 is 0 Å². The molecule has 0 aliphatic carbocycles. The van der Waals surface area contributed by atoms with Gasteiger partial charge in [0.15, 0.2) is 0 Å². The van der Waals surface area contributed by atoms with Crippen LogP contribution in [0.4, 0.5) is 10.1 Å². The van der Waals surface area contributed by atoms with Crippen LogP contribution in [0.15, 0.2) is 48.5 Å². The van der Waals surface area contributed by atoms with Gasteiger partial charge >= 0.3 is 0 Å². The molecule has 2 aromatic rings. The highest BCUT2D eigenvalue weighted by molar-refractivity contribution is 7.92. The van der Waals surface area contributed by atoms with Gasteiger partial charge in [-0.1, -0.05) is 24.3 Å². The lowest BCUT2D eigenvalue weighted by Crippen LogP contribution is -2.27. The lowest BCUT2D eigenvalue weighted by atomic mass is 10.1. The third-order valence-corrected chi connectivity index (χ3v) is 4.93. The number of benzene rings is 2. The Bertz CT molecular complexity index is 715. The Labute approximate surface area is 124 Å². The van der Waals surface area contributed by atoms with Crippen LogP contribution in [0.3, 0.4) is 0 Å². The lowest BCUT2D eigenvalue weighted by molar-refractivity contribution is 0.593. The van der Waals surface area contributed by atoms with Gasteiger partial charge in [0.2, 0.25) is 10.0 Å². The maximum Gasteiger partial charge on any atom is 0.239 e. The maximum atomic E-state index is 12.9. The highest BCUT2D eigenvalue weighted by Crippen LogP contribution is 2.19. The second-order valence-electron chi connectivity index (χ2n) is 4.72. The van der Waals surface area contributed by atoms with Gasteiger partial charge in [0.05, 0.1) is 11.4 Å². The third-order valence-electron chi connectivity index (χ3n) is 3.18. The fraction of sp³-hybridized carbons (Fsp3) is 0.200. The normalized spacial score (nSPS) is 11.4. The van der Waals surface area contributed by atoms with Crippen LogP contribution in [-0.4, -0.2) is 15.5 Å². The number of hydrogen-bond acceptors (Lipinski definition) is 3. The zero-order chi connectivity index (χ0) is 15.5. The molecule has 0 atom stereocenters. The fourth-order valence-corrected chi connectivity index (χ4v) is 3.20. The van der Waals surface area contributed by atoms with E-state index in [2.05, 4.69) is 0 Å². The van der Waals surface area contributed by atoms with E-state index in [1.807, 2.05) is 6.07 Å². The average molecular weight is 308 g/mol. The van der Waals surface area contributed by atoms with Crippen molar-refractivity contribution in [3.8, 4) is 0 Å². The van der Waals surface area contributed by atoms with Gasteiger partial charge in [-0.15, -0.1) is 0 Å². The summed E-state index contributed by atoms with van der Waals surface area (Å²) in [6, 6.07) is 12.5. The van der Waals surface area contributed by atoms with Crippen LogP contribution in [0, 0.1) is 5.82 Å². The standard InChI is InChI=1S/C15H17FN2O2S/c1-18(15-7-5-14(16)6-8-15)21(19,20)11-13-4-2-3-12(9-13)10-17/h2-9H,10-11,17H2,1H3. The van der Waals surface area contributed by atoms with Crippen molar-refractivity contribution < 1.29 is 12.8 Å². The van der Waals surface area contributed by atoms with E-state index in [1.54, 1.807) is 18.2 Å². The minimum Gasteiger partial charge on any atom is -0.326 e. The van der Waals surface area contributed by atoms with E-state index in [9.17, 15) is 12.8 Å². The molecule has 112 valence electrons. The van der Waals surface area contributed by atoms with Crippen molar-refractivity contribution in [3.05, 3.63) is 65.5 Å². The quantitative estimate of drug-likeness (QED) is 0.921. The maximum absolute atomic E-state index is 12.9. The predicted octanol–water partition coefficient (Wildman–Crippen LogP) is 2.25. The number of hydrogen-bond donors (Lipinski definition) is 1. The first-order valence-electron chi connectivity index (χ1n) is 6.42. The van der Waals surface area contributed by atoms with Gasteiger partial charge in [-0.2, -0.15) is 0 Å². The van der Waals surface area contributed by atoms with Crippen LogP contribution in [0.5, 0.6) is 0 Å².